The van der Waals surface area contributed by atoms with E-state index >= 15 is 0 Å². The number of ether oxygens (including phenoxy) is 1. The lowest BCUT2D eigenvalue weighted by Crippen LogP contribution is -2.34. The first-order valence-electron chi connectivity index (χ1n) is 3.91. The zero-order chi connectivity index (χ0) is 9.23. The number of rotatable bonds is 7. The molecule has 0 aromatic heterocycles. The average Bonchev–Trinajstić information content (AvgIpc) is 2.05. The quantitative estimate of drug-likeness (QED) is 0.368. The smallest absolute Gasteiger partial charge is 0.234 e. The number of thiol groups is 1. The monoisotopic (exact) mass is 192 g/mol. The molecule has 0 saturated heterocycles. The van der Waals surface area contributed by atoms with Crippen molar-refractivity contribution in [1.29, 1.82) is 0 Å². The van der Waals surface area contributed by atoms with Gasteiger partial charge in [-0.1, -0.05) is 0 Å². The average molecular weight is 192 g/mol. The lowest BCUT2D eigenvalue weighted by molar-refractivity contribution is -0.120. The molecule has 0 heterocycles. The van der Waals surface area contributed by atoms with Gasteiger partial charge in [0.15, 0.2) is 0 Å². The van der Waals surface area contributed by atoms with Crippen molar-refractivity contribution >= 4 is 18.5 Å². The fourth-order valence-corrected chi connectivity index (χ4v) is 0.781. The Balaban J connectivity index is 3.03. The third kappa shape index (κ3) is 7.84. The minimum Gasteiger partial charge on any atom is -0.379 e. The first-order valence-corrected chi connectivity index (χ1v) is 4.54. The molecule has 0 fully saturated rings. The number of hydrogen-bond acceptors (Lipinski definition) is 4. The van der Waals surface area contributed by atoms with Crippen LogP contribution >= 0.6 is 12.6 Å². The predicted octanol–water partition coefficient (Wildman–Crippen LogP) is -0.732. The van der Waals surface area contributed by atoms with Crippen LogP contribution in [0, 0.1) is 0 Å². The minimum atomic E-state index is -0.00743. The van der Waals surface area contributed by atoms with Crippen LogP contribution in [0.5, 0.6) is 0 Å². The van der Waals surface area contributed by atoms with Crippen molar-refractivity contribution in [3.8, 4) is 0 Å². The molecule has 0 rings (SSSR count). The van der Waals surface area contributed by atoms with E-state index in [0.29, 0.717) is 32.1 Å². The lowest BCUT2D eigenvalue weighted by atomic mass is 10.5. The van der Waals surface area contributed by atoms with Crippen LogP contribution in [-0.2, 0) is 9.53 Å². The van der Waals surface area contributed by atoms with Gasteiger partial charge in [-0.25, -0.2) is 0 Å². The van der Waals surface area contributed by atoms with E-state index in [4.69, 9.17) is 4.74 Å². The Morgan fingerprint density at radius 2 is 2.25 bits per heavy atom. The Morgan fingerprint density at radius 3 is 2.83 bits per heavy atom. The van der Waals surface area contributed by atoms with E-state index in [1.807, 2.05) is 0 Å². The molecule has 12 heavy (non-hydrogen) atoms. The number of hydrogen-bond donors (Lipinski definition) is 3. The topological polar surface area (TPSA) is 50.4 Å². The molecule has 0 spiro atoms. The molecule has 72 valence electrons. The van der Waals surface area contributed by atoms with Crippen molar-refractivity contribution in [3.05, 3.63) is 0 Å². The zero-order valence-corrected chi connectivity index (χ0v) is 8.19. The second-order valence-electron chi connectivity index (χ2n) is 2.22. The van der Waals surface area contributed by atoms with Gasteiger partial charge in [-0.2, -0.15) is 12.6 Å². The van der Waals surface area contributed by atoms with Crippen molar-refractivity contribution in [1.82, 2.24) is 10.6 Å². The van der Waals surface area contributed by atoms with Gasteiger partial charge in [-0.3, -0.25) is 4.79 Å². The molecule has 5 heteroatoms. The van der Waals surface area contributed by atoms with E-state index in [-0.39, 0.29) is 5.91 Å². The van der Waals surface area contributed by atoms with Crippen LogP contribution in [0.2, 0.25) is 0 Å². The summed E-state index contributed by atoms with van der Waals surface area (Å²) < 4.78 is 5.10. The first-order chi connectivity index (χ1) is 5.81. The molecule has 1 amide bonds. The summed E-state index contributed by atoms with van der Waals surface area (Å²) in [6, 6.07) is 0. The maximum absolute atomic E-state index is 10.8. The molecule has 0 aliphatic rings. The summed E-state index contributed by atoms with van der Waals surface area (Å²) in [7, 11) is 1.73. The molecule has 0 radical (unpaired) electrons. The van der Waals surface area contributed by atoms with E-state index in [1.54, 1.807) is 7.05 Å². The maximum atomic E-state index is 10.8. The van der Waals surface area contributed by atoms with Gasteiger partial charge in [0, 0.05) is 12.3 Å². The van der Waals surface area contributed by atoms with Gasteiger partial charge in [0.1, 0.15) is 0 Å². The SMILES string of the molecule is CNCC(=O)NCCOCCS. The molecule has 2 N–H and O–H groups in total. The van der Waals surface area contributed by atoms with E-state index in [0.717, 1.165) is 0 Å². The van der Waals surface area contributed by atoms with Gasteiger partial charge >= 0.3 is 0 Å². The van der Waals surface area contributed by atoms with Crippen LogP contribution in [0.15, 0.2) is 0 Å². The summed E-state index contributed by atoms with van der Waals surface area (Å²) >= 11 is 3.97. The van der Waals surface area contributed by atoms with E-state index in [1.165, 1.54) is 0 Å². The standard InChI is InChI=1S/C7H16N2O2S/c1-8-6-7(10)9-2-3-11-4-5-12/h8,12H,2-6H2,1H3,(H,9,10). The van der Waals surface area contributed by atoms with E-state index in [9.17, 15) is 4.79 Å². The van der Waals surface area contributed by atoms with Gasteiger partial charge in [0.2, 0.25) is 5.91 Å². The van der Waals surface area contributed by atoms with Gasteiger partial charge in [0.05, 0.1) is 19.8 Å². The van der Waals surface area contributed by atoms with Crippen LogP contribution < -0.4 is 10.6 Å². The second-order valence-corrected chi connectivity index (χ2v) is 2.66. The Labute approximate surface area is 78.5 Å². The fourth-order valence-electron chi connectivity index (χ4n) is 0.652. The Morgan fingerprint density at radius 1 is 1.50 bits per heavy atom. The molecule has 0 aliphatic carbocycles. The summed E-state index contributed by atoms with van der Waals surface area (Å²) in [6.07, 6.45) is 0. The molecule has 0 atom stereocenters. The van der Waals surface area contributed by atoms with Gasteiger partial charge in [-0.05, 0) is 7.05 Å². The van der Waals surface area contributed by atoms with E-state index < -0.39 is 0 Å². The molecule has 0 bridgehead atoms. The Hall–Kier alpha value is -0.260. The third-order valence-corrected chi connectivity index (χ3v) is 1.32. The van der Waals surface area contributed by atoms with Crippen LogP contribution in [0.25, 0.3) is 0 Å². The largest absolute Gasteiger partial charge is 0.379 e. The summed E-state index contributed by atoms with van der Waals surface area (Å²) in [4.78, 5) is 10.8. The highest BCUT2D eigenvalue weighted by molar-refractivity contribution is 7.80. The number of carbonyl (C=O) groups is 1. The van der Waals surface area contributed by atoms with Gasteiger partial charge < -0.3 is 15.4 Å². The highest BCUT2D eigenvalue weighted by Crippen LogP contribution is 1.76. The maximum Gasteiger partial charge on any atom is 0.234 e. The lowest BCUT2D eigenvalue weighted by Gasteiger charge is -2.04. The van der Waals surface area contributed by atoms with Crippen LogP contribution in [0.3, 0.4) is 0 Å². The summed E-state index contributed by atoms with van der Waals surface area (Å²) in [6.45, 7) is 2.10. The number of nitrogens with one attached hydrogen (secondary N) is 2. The summed E-state index contributed by atoms with van der Waals surface area (Å²) in [5.74, 6) is 0.705. The first kappa shape index (κ1) is 11.7. The van der Waals surface area contributed by atoms with Gasteiger partial charge in [-0.15, -0.1) is 0 Å². The third-order valence-electron chi connectivity index (χ3n) is 1.14. The zero-order valence-electron chi connectivity index (χ0n) is 7.30. The van der Waals surface area contributed by atoms with Crippen LogP contribution in [0.4, 0.5) is 0 Å². The Kier molecular flexibility index (Phi) is 8.64. The normalized spacial score (nSPS) is 9.83. The van der Waals surface area contributed by atoms with Crippen molar-refractivity contribution in [3.63, 3.8) is 0 Å². The molecule has 4 nitrogen and oxygen atoms in total. The Bertz CT molecular complexity index is 122. The fraction of sp³-hybridized carbons (Fsp3) is 0.857. The predicted molar refractivity (Wildman–Crippen MR) is 51.6 cm³/mol. The highest BCUT2D eigenvalue weighted by atomic mass is 32.1. The molecule has 0 saturated carbocycles. The number of amides is 1. The molecular weight excluding hydrogens is 176 g/mol. The molecule has 0 aromatic carbocycles. The van der Waals surface area contributed by atoms with Crippen molar-refractivity contribution < 1.29 is 9.53 Å². The molecule has 0 aliphatic heterocycles. The molecule has 0 unspecified atom stereocenters. The summed E-state index contributed by atoms with van der Waals surface area (Å²) in [5.41, 5.74) is 0. The highest BCUT2D eigenvalue weighted by Gasteiger charge is 1.96. The van der Waals surface area contributed by atoms with Gasteiger partial charge in [0.25, 0.3) is 0 Å². The van der Waals surface area contributed by atoms with Crippen LogP contribution in [-0.4, -0.2) is 45.0 Å². The van der Waals surface area contributed by atoms with Crippen molar-refractivity contribution in [2.45, 2.75) is 0 Å². The molecular formula is C7H16N2O2S. The summed E-state index contributed by atoms with van der Waals surface area (Å²) in [5, 5.41) is 5.45. The van der Waals surface area contributed by atoms with Crippen LogP contribution in [0.1, 0.15) is 0 Å². The minimum absolute atomic E-state index is 0.00743. The molecule has 0 aromatic rings. The second kappa shape index (κ2) is 8.83. The number of carbonyl (C=O) groups excluding carboxylic acids is 1. The van der Waals surface area contributed by atoms with Crippen molar-refractivity contribution in [2.24, 2.45) is 0 Å². The van der Waals surface area contributed by atoms with Crippen molar-refractivity contribution in [2.75, 3.05) is 39.1 Å². The van der Waals surface area contributed by atoms with E-state index in [2.05, 4.69) is 23.3 Å². The number of likely N-dealkylation sites (N-methyl/N-ethyl adjacent to an activating group) is 1.